The van der Waals surface area contributed by atoms with E-state index in [1.54, 1.807) is 0 Å². The van der Waals surface area contributed by atoms with E-state index in [0.29, 0.717) is 19.4 Å². The standard InChI is InChI=1S/C29H44O6Si/c1-7-21-17-24(12-14-26(21)34-19-23(30)11-16-28(31)32)36(5,6)25-13-15-27(22(8-2)18-25)35-20-29(33,9-3)10-4/h12-15,17-18,23,30,33H,7-11,16,19-20H2,1-6H3,(H,31,32)/t23-/m0/s1. The Morgan fingerprint density at radius 1 is 0.917 bits per heavy atom. The van der Waals surface area contributed by atoms with Gasteiger partial charge in [0.15, 0.2) is 0 Å². The molecule has 0 bridgehead atoms. The summed E-state index contributed by atoms with van der Waals surface area (Å²) in [5, 5.41) is 32.0. The molecule has 0 amide bonds. The molecule has 36 heavy (non-hydrogen) atoms. The second kappa shape index (κ2) is 13.3. The first-order valence-corrected chi connectivity index (χ1v) is 16.1. The number of rotatable bonds is 15. The lowest BCUT2D eigenvalue weighted by atomic mass is 9.99. The predicted molar refractivity (Wildman–Crippen MR) is 148 cm³/mol. The summed E-state index contributed by atoms with van der Waals surface area (Å²) in [5.74, 6) is 0.651. The third kappa shape index (κ3) is 7.82. The van der Waals surface area contributed by atoms with E-state index in [2.05, 4.69) is 51.2 Å². The van der Waals surface area contributed by atoms with Gasteiger partial charge in [0.2, 0.25) is 0 Å². The molecule has 200 valence electrons. The summed E-state index contributed by atoms with van der Waals surface area (Å²) in [5.41, 5.74) is 1.42. The van der Waals surface area contributed by atoms with Crippen LogP contribution in [0.3, 0.4) is 0 Å². The number of aliphatic hydroxyl groups is 2. The van der Waals surface area contributed by atoms with Crippen molar-refractivity contribution in [3.05, 3.63) is 47.5 Å². The lowest BCUT2D eigenvalue weighted by Gasteiger charge is -2.28. The van der Waals surface area contributed by atoms with Crippen molar-refractivity contribution in [3.63, 3.8) is 0 Å². The Bertz CT molecular complexity index is 999. The lowest BCUT2D eigenvalue weighted by Crippen LogP contribution is -2.53. The number of aryl methyl sites for hydroxylation is 2. The molecule has 2 aromatic rings. The van der Waals surface area contributed by atoms with Crippen molar-refractivity contribution in [1.29, 1.82) is 0 Å². The molecule has 3 N–H and O–H groups in total. The van der Waals surface area contributed by atoms with Gasteiger partial charge >= 0.3 is 5.97 Å². The second-order valence-electron chi connectivity index (χ2n) is 10.1. The Hall–Kier alpha value is -2.35. The summed E-state index contributed by atoms with van der Waals surface area (Å²) in [4.78, 5) is 10.7. The third-order valence-electron chi connectivity index (χ3n) is 7.26. The van der Waals surface area contributed by atoms with E-state index in [0.717, 1.165) is 35.5 Å². The molecule has 0 aliphatic rings. The normalized spacial score (nSPS) is 12.9. The van der Waals surface area contributed by atoms with Gasteiger partial charge in [-0.15, -0.1) is 0 Å². The Kier molecular flexibility index (Phi) is 11.0. The summed E-state index contributed by atoms with van der Waals surface area (Å²) in [6, 6.07) is 12.8. The van der Waals surface area contributed by atoms with E-state index >= 15 is 0 Å². The van der Waals surface area contributed by atoms with E-state index in [9.17, 15) is 15.0 Å². The van der Waals surface area contributed by atoms with Crippen LogP contribution in [0.25, 0.3) is 0 Å². The molecule has 0 aliphatic heterocycles. The van der Waals surface area contributed by atoms with Crippen LogP contribution in [0.2, 0.25) is 13.1 Å². The van der Waals surface area contributed by atoms with Gasteiger partial charge in [-0.25, -0.2) is 0 Å². The quantitative estimate of drug-likeness (QED) is 0.308. The molecule has 0 spiro atoms. The first kappa shape index (κ1) is 29.9. The van der Waals surface area contributed by atoms with Crippen LogP contribution in [-0.4, -0.2) is 54.3 Å². The van der Waals surface area contributed by atoms with Crippen LogP contribution in [0.1, 0.15) is 64.5 Å². The maximum Gasteiger partial charge on any atom is 0.303 e. The van der Waals surface area contributed by atoms with Crippen LogP contribution in [0.15, 0.2) is 36.4 Å². The molecule has 0 radical (unpaired) electrons. The van der Waals surface area contributed by atoms with Gasteiger partial charge in [-0.2, -0.15) is 0 Å². The summed E-state index contributed by atoms with van der Waals surface area (Å²) >= 11 is 0. The molecule has 2 aromatic carbocycles. The minimum atomic E-state index is -2.02. The van der Waals surface area contributed by atoms with Crippen molar-refractivity contribution in [2.24, 2.45) is 0 Å². The van der Waals surface area contributed by atoms with Crippen molar-refractivity contribution >= 4 is 24.4 Å². The van der Waals surface area contributed by atoms with Crippen molar-refractivity contribution < 1.29 is 29.6 Å². The van der Waals surface area contributed by atoms with E-state index in [1.165, 1.54) is 10.4 Å². The van der Waals surface area contributed by atoms with E-state index in [4.69, 9.17) is 14.6 Å². The zero-order valence-electron chi connectivity index (χ0n) is 22.8. The second-order valence-corrected chi connectivity index (χ2v) is 14.5. The minimum Gasteiger partial charge on any atom is -0.491 e. The molecule has 0 heterocycles. The molecule has 0 saturated heterocycles. The Morgan fingerprint density at radius 2 is 1.42 bits per heavy atom. The number of carboxylic acid groups (broad SMARTS) is 1. The molecule has 0 saturated carbocycles. The topological polar surface area (TPSA) is 96.2 Å². The summed E-state index contributed by atoms with van der Waals surface area (Å²) in [6.07, 6.45) is 2.24. The average molecular weight is 517 g/mol. The predicted octanol–water partition coefficient (Wildman–Crippen LogP) is 4.17. The molecular formula is C29H44O6Si. The van der Waals surface area contributed by atoms with Gasteiger partial charge in [0, 0.05) is 6.42 Å². The number of hydrogen-bond acceptors (Lipinski definition) is 5. The van der Waals surface area contributed by atoms with Crippen molar-refractivity contribution in [2.45, 2.75) is 91.0 Å². The van der Waals surface area contributed by atoms with Crippen LogP contribution in [0.5, 0.6) is 11.5 Å². The zero-order chi connectivity index (χ0) is 26.9. The highest BCUT2D eigenvalue weighted by atomic mass is 28.3. The molecule has 0 aliphatic carbocycles. The highest BCUT2D eigenvalue weighted by molar-refractivity contribution is 7.00. The number of ether oxygens (including phenoxy) is 2. The molecule has 0 aromatic heterocycles. The molecule has 0 fully saturated rings. The zero-order valence-corrected chi connectivity index (χ0v) is 23.8. The van der Waals surface area contributed by atoms with Gasteiger partial charge in [0.05, 0.1) is 11.7 Å². The van der Waals surface area contributed by atoms with Gasteiger partial charge in [-0.05, 0) is 55.4 Å². The first-order chi connectivity index (χ1) is 17.0. The van der Waals surface area contributed by atoms with Crippen molar-refractivity contribution in [3.8, 4) is 11.5 Å². The molecule has 6 nitrogen and oxygen atoms in total. The number of aliphatic hydroxyl groups excluding tert-OH is 1. The number of benzene rings is 2. The SMILES string of the molecule is CCc1cc([Si](C)(C)c2ccc(OCC(O)(CC)CC)c(CC)c2)ccc1OC[C@@H](O)CCC(=O)O. The number of carboxylic acids is 1. The molecule has 1 atom stereocenters. The minimum absolute atomic E-state index is 0.0763. The Labute approximate surface area is 217 Å². The third-order valence-corrected chi connectivity index (χ3v) is 10.8. The van der Waals surface area contributed by atoms with Gasteiger partial charge < -0.3 is 24.8 Å². The largest absolute Gasteiger partial charge is 0.491 e. The van der Waals surface area contributed by atoms with Crippen molar-refractivity contribution in [1.82, 2.24) is 0 Å². The first-order valence-electron chi connectivity index (χ1n) is 13.1. The Morgan fingerprint density at radius 3 is 1.86 bits per heavy atom. The smallest absolute Gasteiger partial charge is 0.303 e. The lowest BCUT2D eigenvalue weighted by molar-refractivity contribution is -0.137. The van der Waals surface area contributed by atoms with Crippen molar-refractivity contribution in [2.75, 3.05) is 13.2 Å². The maximum atomic E-state index is 10.7. The van der Waals surface area contributed by atoms with Crippen LogP contribution in [-0.2, 0) is 17.6 Å². The highest BCUT2D eigenvalue weighted by Gasteiger charge is 2.28. The molecular weight excluding hydrogens is 472 g/mol. The van der Waals surface area contributed by atoms with Crippen LogP contribution in [0.4, 0.5) is 0 Å². The fraction of sp³-hybridized carbons (Fsp3) is 0.552. The fourth-order valence-corrected chi connectivity index (χ4v) is 6.57. The number of aliphatic carboxylic acids is 1. The van der Waals surface area contributed by atoms with Crippen LogP contribution >= 0.6 is 0 Å². The average Bonchev–Trinajstić information content (AvgIpc) is 2.88. The van der Waals surface area contributed by atoms with E-state index in [1.807, 2.05) is 26.0 Å². The van der Waals surface area contributed by atoms with Gasteiger partial charge in [0.25, 0.3) is 0 Å². The van der Waals surface area contributed by atoms with E-state index in [-0.39, 0.29) is 19.4 Å². The molecule has 0 unspecified atom stereocenters. The fourth-order valence-electron chi connectivity index (χ4n) is 4.16. The molecule has 7 heteroatoms. The van der Waals surface area contributed by atoms with Gasteiger partial charge in [0.1, 0.15) is 32.8 Å². The van der Waals surface area contributed by atoms with E-state index < -0.39 is 25.7 Å². The van der Waals surface area contributed by atoms with Gasteiger partial charge in [-0.3, -0.25) is 4.79 Å². The van der Waals surface area contributed by atoms with Crippen LogP contribution in [0, 0.1) is 0 Å². The summed E-state index contributed by atoms with van der Waals surface area (Å²) < 4.78 is 11.9. The molecule has 2 rings (SSSR count). The monoisotopic (exact) mass is 516 g/mol. The van der Waals surface area contributed by atoms with Crippen LogP contribution < -0.4 is 19.8 Å². The van der Waals surface area contributed by atoms with Gasteiger partial charge in [-0.1, -0.05) is 75.4 Å². The summed E-state index contributed by atoms with van der Waals surface area (Å²) in [6.45, 7) is 13.2. The number of carbonyl (C=O) groups is 1. The Balaban J connectivity index is 2.22. The highest BCUT2D eigenvalue weighted by Crippen LogP contribution is 2.24. The maximum absolute atomic E-state index is 10.7. The number of hydrogen-bond donors (Lipinski definition) is 3. The summed E-state index contributed by atoms with van der Waals surface area (Å²) in [7, 11) is -2.02.